The first-order valence-electron chi connectivity index (χ1n) is 13.1. The Morgan fingerprint density at radius 2 is 1.95 bits per heavy atom. The van der Waals surface area contributed by atoms with E-state index in [9.17, 15) is 0 Å². The van der Waals surface area contributed by atoms with Crippen molar-refractivity contribution >= 4 is 35.1 Å². The molecule has 9 heteroatoms. The summed E-state index contributed by atoms with van der Waals surface area (Å²) in [5.74, 6) is 3.61. The third-order valence-electron chi connectivity index (χ3n) is 7.41. The number of aliphatic imine (C=N–C) groups is 1. The quantitative estimate of drug-likeness (QED) is 0.535. The van der Waals surface area contributed by atoms with Gasteiger partial charge in [-0.25, -0.2) is 0 Å². The monoisotopic (exact) mass is 520 g/mol. The maximum absolute atomic E-state index is 6.75. The zero-order valence-electron chi connectivity index (χ0n) is 21.5. The van der Waals surface area contributed by atoms with Gasteiger partial charge in [-0.2, -0.15) is 9.97 Å². The fourth-order valence-electron chi connectivity index (χ4n) is 5.15. The number of nitrogens with one attached hydrogen (secondary N) is 1. The van der Waals surface area contributed by atoms with Gasteiger partial charge in [-0.05, 0) is 55.4 Å². The van der Waals surface area contributed by atoms with Gasteiger partial charge >= 0.3 is 6.01 Å². The number of benzene rings is 1. The molecule has 4 aliphatic rings. The van der Waals surface area contributed by atoms with Crippen molar-refractivity contribution in [1.29, 1.82) is 0 Å². The van der Waals surface area contributed by atoms with E-state index in [-0.39, 0.29) is 6.01 Å². The van der Waals surface area contributed by atoms with E-state index in [1.807, 2.05) is 12.1 Å². The molecule has 0 spiro atoms. The third kappa shape index (κ3) is 5.51. The lowest BCUT2D eigenvalue weighted by atomic mass is 10.1. The number of nitrogens with zero attached hydrogens (tertiary/aromatic N) is 5. The summed E-state index contributed by atoms with van der Waals surface area (Å²) < 4.78 is 11.5. The molecule has 2 aromatic rings. The van der Waals surface area contributed by atoms with E-state index in [0.717, 1.165) is 69.5 Å². The van der Waals surface area contributed by atoms with Crippen molar-refractivity contribution in [2.24, 2.45) is 10.9 Å². The van der Waals surface area contributed by atoms with Crippen LogP contribution >= 0.6 is 11.6 Å². The molecule has 3 heterocycles. The van der Waals surface area contributed by atoms with E-state index in [1.54, 1.807) is 7.11 Å². The number of amidine groups is 1. The number of methoxy groups -OCH3 is 1. The van der Waals surface area contributed by atoms with Crippen LogP contribution in [0.5, 0.6) is 11.8 Å². The van der Waals surface area contributed by atoms with E-state index in [1.165, 1.54) is 29.6 Å². The average molecular weight is 521 g/mol. The standard InChI is InChI=1S/C28H33ClN6O2/c1-18-13-20-5-6-23(27(29)22(20)14-18)37-28-32-25(31-24-15-21(17-30-24)19-3-4-19)16-26(33-28)35-9-7-34(8-10-35)11-12-36-2/h5-6,14-16,19H,3-4,7-13,17H2,1-2H3,(H,30,31,32,33). The lowest BCUT2D eigenvalue weighted by Gasteiger charge is -2.35. The molecule has 0 radical (unpaired) electrons. The Kier molecular flexibility index (Phi) is 6.88. The highest BCUT2D eigenvalue weighted by Gasteiger charge is 2.28. The Bertz CT molecular complexity index is 1280. The summed E-state index contributed by atoms with van der Waals surface area (Å²) in [6.45, 7) is 8.22. The predicted molar refractivity (Wildman–Crippen MR) is 148 cm³/mol. The SMILES string of the molecule is COCCN1CCN(c2cc(NC3=NCC(C4CC4)=C3)nc(Oc3ccc4c(c3Cl)C=C(C)C4)n2)CC1. The van der Waals surface area contributed by atoms with Crippen LogP contribution in [0.3, 0.4) is 0 Å². The number of aromatic nitrogens is 2. The molecule has 8 nitrogen and oxygen atoms in total. The van der Waals surface area contributed by atoms with Gasteiger partial charge in [-0.15, -0.1) is 0 Å². The van der Waals surface area contributed by atoms with Crippen molar-refractivity contribution in [2.45, 2.75) is 26.2 Å². The van der Waals surface area contributed by atoms with Crippen molar-refractivity contribution in [2.75, 3.05) is 63.2 Å². The summed E-state index contributed by atoms with van der Waals surface area (Å²) in [6, 6.07) is 6.24. The predicted octanol–water partition coefficient (Wildman–Crippen LogP) is 4.81. The maximum atomic E-state index is 6.75. The largest absolute Gasteiger partial charge is 0.423 e. The second kappa shape index (κ2) is 10.4. The third-order valence-corrected chi connectivity index (χ3v) is 7.80. The van der Waals surface area contributed by atoms with Crippen molar-refractivity contribution in [3.05, 3.63) is 51.6 Å². The van der Waals surface area contributed by atoms with Crippen LogP contribution in [-0.4, -0.2) is 73.7 Å². The lowest BCUT2D eigenvalue weighted by molar-refractivity contribution is 0.144. The number of hydrogen-bond acceptors (Lipinski definition) is 8. The summed E-state index contributed by atoms with van der Waals surface area (Å²) >= 11 is 6.75. The molecule has 0 atom stereocenters. The first-order chi connectivity index (χ1) is 18.1. The molecule has 194 valence electrons. The molecule has 0 unspecified atom stereocenters. The van der Waals surface area contributed by atoms with Gasteiger partial charge in [0, 0.05) is 51.5 Å². The van der Waals surface area contributed by atoms with Crippen molar-refractivity contribution in [3.8, 4) is 11.8 Å². The first kappa shape index (κ1) is 24.4. The maximum Gasteiger partial charge on any atom is 0.325 e. The van der Waals surface area contributed by atoms with E-state index in [4.69, 9.17) is 31.0 Å². The van der Waals surface area contributed by atoms with Gasteiger partial charge in [0.1, 0.15) is 23.2 Å². The Labute approximate surface area is 223 Å². The molecule has 1 saturated carbocycles. The van der Waals surface area contributed by atoms with Gasteiger partial charge in [-0.1, -0.05) is 29.3 Å². The van der Waals surface area contributed by atoms with Crippen molar-refractivity contribution < 1.29 is 9.47 Å². The Morgan fingerprint density at radius 3 is 2.73 bits per heavy atom. The topological polar surface area (TPSA) is 75.1 Å². The van der Waals surface area contributed by atoms with Crippen LogP contribution in [0, 0.1) is 5.92 Å². The van der Waals surface area contributed by atoms with Gasteiger partial charge < -0.3 is 19.7 Å². The second-order valence-corrected chi connectivity index (χ2v) is 10.6. The molecular formula is C28H33ClN6O2. The van der Waals surface area contributed by atoms with Gasteiger partial charge in [-0.3, -0.25) is 9.89 Å². The number of halogens is 1. The number of hydrogen-bond donors (Lipinski definition) is 1. The van der Waals surface area contributed by atoms with Crippen LogP contribution in [-0.2, 0) is 11.2 Å². The molecule has 0 amide bonds. The summed E-state index contributed by atoms with van der Waals surface area (Å²) in [5, 5.41) is 4.00. The summed E-state index contributed by atoms with van der Waals surface area (Å²) in [7, 11) is 1.75. The number of piperazine rings is 1. The second-order valence-electron chi connectivity index (χ2n) is 10.3. The summed E-state index contributed by atoms with van der Waals surface area (Å²) in [5.41, 5.74) is 4.94. The fourth-order valence-corrected chi connectivity index (χ4v) is 5.43. The van der Waals surface area contributed by atoms with E-state index in [2.05, 4.69) is 45.3 Å². The zero-order chi connectivity index (χ0) is 25.4. The summed E-state index contributed by atoms with van der Waals surface area (Å²) in [4.78, 5) is 18.9. The highest BCUT2D eigenvalue weighted by molar-refractivity contribution is 6.33. The highest BCUT2D eigenvalue weighted by Crippen LogP contribution is 2.39. The van der Waals surface area contributed by atoms with Crippen molar-refractivity contribution in [1.82, 2.24) is 14.9 Å². The molecule has 1 N–H and O–H groups in total. The number of rotatable bonds is 8. The molecule has 0 bridgehead atoms. The lowest BCUT2D eigenvalue weighted by Crippen LogP contribution is -2.47. The van der Waals surface area contributed by atoms with Gasteiger partial charge in [0.25, 0.3) is 0 Å². The highest BCUT2D eigenvalue weighted by atomic mass is 35.5. The fraction of sp³-hybridized carbons (Fsp3) is 0.464. The zero-order valence-corrected chi connectivity index (χ0v) is 22.2. The number of fused-ring (bicyclic) bond motifs is 1. The van der Waals surface area contributed by atoms with Gasteiger partial charge in [0.2, 0.25) is 0 Å². The summed E-state index contributed by atoms with van der Waals surface area (Å²) in [6.07, 6.45) is 7.76. The van der Waals surface area contributed by atoms with Crippen LogP contribution in [0.4, 0.5) is 11.6 Å². The average Bonchev–Trinajstić information content (AvgIpc) is 3.53. The molecular weight excluding hydrogens is 488 g/mol. The minimum Gasteiger partial charge on any atom is -0.423 e. The molecule has 1 aromatic heterocycles. The van der Waals surface area contributed by atoms with Gasteiger partial charge in [0.15, 0.2) is 0 Å². The minimum atomic E-state index is 0.271. The molecule has 1 aromatic carbocycles. The van der Waals surface area contributed by atoms with Crippen LogP contribution in [0.15, 0.2) is 40.4 Å². The number of anilines is 2. The van der Waals surface area contributed by atoms with E-state index < -0.39 is 0 Å². The van der Waals surface area contributed by atoms with Crippen LogP contribution < -0.4 is 15.0 Å². The van der Waals surface area contributed by atoms with Gasteiger partial charge in [0.05, 0.1) is 18.2 Å². The smallest absolute Gasteiger partial charge is 0.325 e. The van der Waals surface area contributed by atoms with E-state index in [0.29, 0.717) is 22.5 Å². The van der Waals surface area contributed by atoms with Crippen LogP contribution in [0.2, 0.25) is 5.02 Å². The molecule has 6 rings (SSSR count). The van der Waals surface area contributed by atoms with Crippen molar-refractivity contribution in [3.63, 3.8) is 0 Å². The molecule has 2 aliphatic heterocycles. The first-order valence-corrected chi connectivity index (χ1v) is 13.5. The minimum absolute atomic E-state index is 0.271. The normalized spacial score (nSPS) is 19.4. The number of allylic oxidation sites excluding steroid dienone is 1. The van der Waals surface area contributed by atoms with E-state index >= 15 is 0 Å². The molecule has 1 saturated heterocycles. The van der Waals surface area contributed by atoms with Crippen LogP contribution in [0.25, 0.3) is 6.08 Å². The Balaban J connectivity index is 1.25. The Morgan fingerprint density at radius 1 is 1.11 bits per heavy atom. The molecule has 2 aliphatic carbocycles. The Hall–Kier alpha value is -2.94. The molecule has 2 fully saturated rings. The van der Waals surface area contributed by atoms with Crippen LogP contribution in [0.1, 0.15) is 30.9 Å². The molecule has 37 heavy (non-hydrogen) atoms. The number of ether oxygens (including phenoxy) is 2.